The highest BCUT2D eigenvalue weighted by molar-refractivity contribution is 5.89. The summed E-state index contributed by atoms with van der Waals surface area (Å²) in [6, 6.07) is 16.2. The molecule has 1 aliphatic carbocycles. The van der Waals surface area contributed by atoms with Crippen molar-refractivity contribution in [1.82, 2.24) is 4.90 Å². The standard InChI is InChI=1S/C22H23FN2O3/c23-18-8-4-5-9-19(18)24-12-14-25(15-13-24)20(26)16-28-21(27)22(10-11-22)17-6-2-1-3-7-17/h1-9H,10-16H2. The number of ether oxygens (including phenoxy) is 1. The molecule has 2 aromatic rings. The van der Waals surface area contributed by atoms with Crippen molar-refractivity contribution in [2.24, 2.45) is 0 Å². The van der Waals surface area contributed by atoms with Crippen LogP contribution in [0.25, 0.3) is 0 Å². The van der Waals surface area contributed by atoms with Crippen LogP contribution in [0.5, 0.6) is 0 Å². The molecule has 1 aliphatic heterocycles. The molecule has 4 rings (SSSR count). The number of benzene rings is 2. The average Bonchev–Trinajstić information content (AvgIpc) is 3.55. The third-order valence-electron chi connectivity index (χ3n) is 5.62. The molecule has 1 saturated carbocycles. The molecule has 0 bridgehead atoms. The van der Waals surface area contributed by atoms with Gasteiger partial charge in [0.15, 0.2) is 6.61 Å². The van der Waals surface area contributed by atoms with Crippen molar-refractivity contribution >= 4 is 17.6 Å². The van der Waals surface area contributed by atoms with Crippen LogP contribution in [-0.2, 0) is 19.7 Å². The quantitative estimate of drug-likeness (QED) is 0.747. The molecular formula is C22H23FN2O3. The summed E-state index contributed by atoms with van der Waals surface area (Å²) >= 11 is 0. The van der Waals surface area contributed by atoms with Gasteiger partial charge in [-0.05, 0) is 30.5 Å². The number of hydrogen-bond acceptors (Lipinski definition) is 4. The van der Waals surface area contributed by atoms with Crippen molar-refractivity contribution in [3.63, 3.8) is 0 Å². The van der Waals surface area contributed by atoms with Crippen molar-refractivity contribution in [1.29, 1.82) is 0 Å². The maximum Gasteiger partial charge on any atom is 0.317 e. The van der Waals surface area contributed by atoms with Gasteiger partial charge < -0.3 is 14.5 Å². The highest BCUT2D eigenvalue weighted by Gasteiger charge is 2.52. The first-order valence-corrected chi connectivity index (χ1v) is 9.60. The summed E-state index contributed by atoms with van der Waals surface area (Å²) in [4.78, 5) is 28.6. The molecule has 0 aromatic heterocycles. The molecule has 2 fully saturated rings. The van der Waals surface area contributed by atoms with E-state index in [-0.39, 0.29) is 24.3 Å². The Kier molecular flexibility index (Phi) is 5.03. The molecule has 146 valence electrons. The van der Waals surface area contributed by atoms with Crippen molar-refractivity contribution < 1.29 is 18.7 Å². The number of anilines is 1. The summed E-state index contributed by atoms with van der Waals surface area (Å²) in [5.41, 5.74) is 0.927. The molecule has 0 unspecified atom stereocenters. The molecule has 1 saturated heterocycles. The number of amides is 1. The normalized spacial score (nSPS) is 17.9. The van der Waals surface area contributed by atoms with E-state index in [0.29, 0.717) is 31.9 Å². The lowest BCUT2D eigenvalue weighted by atomic mass is 9.96. The summed E-state index contributed by atoms with van der Waals surface area (Å²) in [6.07, 6.45) is 1.51. The van der Waals surface area contributed by atoms with Gasteiger partial charge in [-0.2, -0.15) is 0 Å². The van der Waals surface area contributed by atoms with Crippen LogP contribution in [0.3, 0.4) is 0 Å². The summed E-state index contributed by atoms with van der Waals surface area (Å²) in [5.74, 6) is -0.783. The Bertz CT molecular complexity index is 859. The molecule has 6 heteroatoms. The number of para-hydroxylation sites is 1. The molecule has 0 radical (unpaired) electrons. The summed E-state index contributed by atoms with van der Waals surface area (Å²) in [5, 5.41) is 0. The number of piperazine rings is 1. The lowest BCUT2D eigenvalue weighted by Crippen LogP contribution is -2.50. The van der Waals surface area contributed by atoms with E-state index >= 15 is 0 Å². The van der Waals surface area contributed by atoms with Gasteiger partial charge in [-0.25, -0.2) is 4.39 Å². The Hall–Kier alpha value is -2.89. The van der Waals surface area contributed by atoms with Gasteiger partial charge in [-0.1, -0.05) is 42.5 Å². The smallest absolute Gasteiger partial charge is 0.317 e. The monoisotopic (exact) mass is 382 g/mol. The zero-order valence-corrected chi connectivity index (χ0v) is 15.6. The number of halogens is 1. The molecule has 0 atom stereocenters. The van der Waals surface area contributed by atoms with Crippen molar-refractivity contribution in [3.05, 3.63) is 66.0 Å². The van der Waals surface area contributed by atoms with Gasteiger partial charge in [0.25, 0.3) is 5.91 Å². The number of hydrogen-bond donors (Lipinski definition) is 0. The predicted molar refractivity (Wildman–Crippen MR) is 104 cm³/mol. The van der Waals surface area contributed by atoms with Crippen molar-refractivity contribution in [2.45, 2.75) is 18.3 Å². The second kappa shape index (κ2) is 7.62. The Morgan fingerprint density at radius 1 is 0.929 bits per heavy atom. The number of nitrogens with zero attached hydrogens (tertiary/aromatic N) is 2. The molecular weight excluding hydrogens is 359 g/mol. The molecule has 1 amide bonds. The minimum Gasteiger partial charge on any atom is -0.455 e. The minimum absolute atomic E-state index is 0.203. The maximum absolute atomic E-state index is 13.9. The van der Waals surface area contributed by atoms with Crippen LogP contribution < -0.4 is 4.90 Å². The SMILES string of the molecule is O=C(COC(=O)C1(c2ccccc2)CC1)N1CCN(c2ccccc2F)CC1. The fraction of sp³-hybridized carbons (Fsp3) is 0.364. The number of carbonyl (C=O) groups is 2. The number of esters is 1. The molecule has 5 nitrogen and oxygen atoms in total. The summed E-state index contributed by atoms with van der Waals surface area (Å²) < 4.78 is 19.3. The summed E-state index contributed by atoms with van der Waals surface area (Å²) in [7, 11) is 0. The van der Waals surface area contributed by atoms with Crippen LogP contribution in [-0.4, -0.2) is 49.6 Å². The number of rotatable bonds is 5. The number of carbonyl (C=O) groups excluding carboxylic acids is 2. The predicted octanol–water partition coefficient (Wildman–Crippen LogP) is 2.75. The van der Waals surface area contributed by atoms with E-state index in [1.54, 1.807) is 23.1 Å². The largest absolute Gasteiger partial charge is 0.455 e. The second-order valence-electron chi connectivity index (χ2n) is 7.34. The zero-order valence-electron chi connectivity index (χ0n) is 15.6. The molecule has 2 aromatic carbocycles. The van der Waals surface area contributed by atoms with Gasteiger partial charge in [0.2, 0.25) is 0 Å². The van der Waals surface area contributed by atoms with E-state index < -0.39 is 5.41 Å². The summed E-state index contributed by atoms with van der Waals surface area (Å²) in [6.45, 7) is 1.82. The Morgan fingerprint density at radius 3 is 2.21 bits per heavy atom. The topological polar surface area (TPSA) is 49.9 Å². The van der Waals surface area contributed by atoms with Crippen LogP contribution in [0.4, 0.5) is 10.1 Å². The van der Waals surface area contributed by atoms with Gasteiger partial charge in [-0.3, -0.25) is 9.59 Å². The average molecular weight is 382 g/mol. The molecule has 28 heavy (non-hydrogen) atoms. The maximum atomic E-state index is 13.9. The van der Waals surface area contributed by atoms with Gasteiger partial charge in [0.05, 0.1) is 11.1 Å². The Balaban J connectivity index is 1.29. The first kappa shape index (κ1) is 18.5. The third kappa shape index (κ3) is 3.59. The van der Waals surface area contributed by atoms with Crippen molar-refractivity contribution in [3.8, 4) is 0 Å². The second-order valence-corrected chi connectivity index (χ2v) is 7.34. The van der Waals surface area contributed by atoms with Crippen LogP contribution in [0.2, 0.25) is 0 Å². The molecule has 1 heterocycles. The Labute approximate surface area is 163 Å². The van der Waals surface area contributed by atoms with Gasteiger partial charge >= 0.3 is 5.97 Å². The highest BCUT2D eigenvalue weighted by atomic mass is 19.1. The lowest BCUT2D eigenvalue weighted by Gasteiger charge is -2.36. The first-order valence-electron chi connectivity index (χ1n) is 9.60. The van der Waals surface area contributed by atoms with Crippen LogP contribution in [0.15, 0.2) is 54.6 Å². The van der Waals surface area contributed by atoms with E-state index in [4.69, 9.17) is 4.74 Å². The minimum atomic E-state index is -0.578. The van der Waals surface area contributed by atoms with Crippen LogP contribution in [0.1, 0.15) is 18.4 Å². The van der Waals surface area contributed by atoms with E-state index in [2.05, 4.69) is 0 Å². The van der Waals surface area contributed by atoms with Crippen molar-refractivity contribution in [2.75, 3.05) is 37.7 Å². The van der Waals surface area contributed by atoms with Gasteiger partial charge in [0.1, 0.15) is 5.82 Å². The van der Waals surface area contributed by atoms with E-state index in [9.17, 15) is 14.0 Å². The molecule has 2 aliphatic rings. The van der Waals surface area contributed by atoms with E-state index in [1.807, 2.05) is 35.2 Å². The highest BCUT2D eigenvalue weighted by Crippen LogP contribution is 2.49. The van der Waals surface area contributed by atoms with Gasteiger partial charge in [-0.15, -0.1) is 0 Å². The zero-order chi connectivity index (χ0) is 19.6. The van der Waals surface area contributed by atoms with Crippen LogP contribution >= 0.6 is 0 Å². The van der Waals surface area contributed by atoms with Crippen LogP contribution in [0, 0.1) is 5.82 Å². The fourth-order valence-corrected chi connectivity index (χ4v) is 3.75. The lowest BCUT2D eigenvalue weighted by molar-refractivity contribution is -0.154. The van der Waals surface area contributed by atoms with E-state index in [1.165, 1.54) is 6.07 Å². The first-order chi connectivity index (χ1) is 13.6. The molecule has 0 spiro atoms. The Morgan fingerprint density at radius 2 is 1.57 bits per heavy atom. The third-order valence-corrected chi connectivity index (χ3v) is 5.62. The molecule has 0 N–H and O–H groups in total. The fourth-order valence-electron chi connectivity index (χ4n) is 3.75. The van der Waals surface area contributed by atoms with Gasteiger partial charge in [0, 0.05) is 26.2 Å². The van der Waals surface area contributed by atoms with E-state index in [0.717, 1.165) is 18.4 Å².